The van der Waals surface area contributed by atoms with E-state index in [1.165, 1.54) is 6.42 Å². The van der Waals surface area contributed by atoms with Gasteiger partial charge in [0.1, 0.15) is 6.04 Å². The van der Waals surface area contributed by atoms with Gasteiger partial charge in [0.2, 0.25) is 0 Å². The molecule has 2 fully saturated rings. The molecule has 0 bridgehead atoms. The van der Waals surface area contributed by atoms with Crippen molar-refractivity contribution in [3.63, 3.8) is 0 Å². The lowest BCUT2D eigenvalue weighted by atomic mass is 10.0. The fourth-order valence-electron chi connectivity index (χ4n) is 3.95. The minimum atomic E-state index is -0.253. The molecule has 0 aliphatic carbocycles. The molecule has 1 amide bonds. The van der Waals surface area contributed by atoms with Gasteiger partial charge in [-0.25, -0.2) is 0 Å². The van der Waals surface area contributed by atoms with Gasteiger partial charge in [0.25, 0.3) is 5.91 Å². The molecule has 0 unspecified atom stereocenters. The predicted octanol–water partition coefficient (Wildman–Crippen LogP) is 2.50. The quantitative estimate of drug-likeness (QED) is 0.634. The van der Waals surface area contributed by atoms with E-state index in [4.69, 9.17) is 9.47 Å². The summed E-state index contributed by atoms with van der Waals surface area (Å²) in [7, 11) is 0. The van der Waals surface area contributed by atoms with Gasteiger partial charge in [-0.3, -0.25) is 14.5 Å². The van der Waals surface area contributed by atoms with Gasteiger partial charge in [-0.15, -0.1) is 0 Å². The third-order valence-corrected chi connectivity index (χ3v) is 5.40. The topological polar surface area (TPSA) is 67.9 Å². The highest BCUT2D eigenvalue weighted by atomic mass is 16.5. The van der Waals surface area contributed by atoms with E-state index in [1.54, 1.807) is 0 Å². The molecule has 2 atom stereocenters. The SMILES string of the molecule is CC(C)CCC[C@H](C)NC(=O)COC(=O)[C@@H]1CCCN1C1CCOCC1. The summed E-state index contributed by atoms with van der Waals surface area (Å²) >= 11 is 0. The summed E-state index contributed by atoms with van der Waals surface area (Å²) in [5, 5.41) is 2.93. The van der Waals surface area contributed by atoms with Crippen LogP contribution < -0.4 is 5.32 Å². The van der Waals surface area contributed by atoms with Gasteiger partial charge in [0, 0.05) is 25.3 Å². The zero-order chi connectivity index (χ0) is 18.9. The lowest BCUT2D eigenvalue weighted by Crippen LogP contribution is -2.47. The normalized spacial score (nSPS) is 23.2. The van der Waals surface area contributed by atoms with Crippen LogP contribution in [0.5, 0.6) is 0 Å². The van der Waals surface area contributed by atoms with Crippen LogP contribution in [0, 0.1) is 5.92 Å². The predicted molar refractivity (Wildman–Crippen MR) is 101 cm³/mol. The van der Waals surface area contributed by atoms with Gasteiger partial charge >= 0.3 is 5.97 Å². The molecule has 0 aromatic carbocycles. The molecule has 6 nitrogen and oxygen atoms in total. The molecule has 0 spiro atoms. The van der Waals surface area contributed by atoms with Crippen LogP contribution in [0.2, 0.25) is 0 Å². The maximum atomic E-state index is 12.5. The number of rotatable bonds is 9. The number of ether oxygens (including phenoxy) is 2. The van der Waals surface area contributed by atoms with Gasteiger partial charge in [-0.2, -0.15) is 0 Å². The highest BCUT2D eigenvalue weighted by Gasteiger charge is 2.37. The molecule has 2 aliphatic rings. The minimum absolute atomic E-state index is 0.116. The Balaban J connectivity index is 1.69. The number of nitrogens with one attached hydrogen (secondary N) is 1. The Morgan fingerprint density at radius 1 is 1.15 bits per heavy atom. The molecule has 150 valence electrons. The number of carbonyl (C=O) groups is 2. The molecule has 0 radical (unpaired) electrons. The molecule has 2 saturated heterocycles. The number of nitrogens with zero attached hydrogens (tertiary/aromatic N) is 1. The molecule has 0 aromatic rings. The maximum absolute atomic E-state index is 12.5. The van der Waals surface area contributed by atoms with Crippen molar-refractivity contribution < 1.29 is 19.1 Å². The Kier molecular flexibility index (Phi) is 8.85. The largest absolute Gasteiger partial charge is 0.454 e. The third-order valence-electron chi connectivity index (χ3n) is 5.40. The summed E-state index contributed by atoms with van der Waals surface area (Å²) in [4.78, 5) is 26.8. The third kappa shape index (κ3) is 6.88. The van der Waals surface area contributed by atoms with Crippen LogP contribution in [0.25, 0.3) is 0 Å². The highest BCUT2D eigenvalue weighted by Crippen LogP contribution is 2.26. The van der Waals surface area contributed by atoms with E-state index in [9.17, 15) is 9.59 Å². The Morgan fingerprint density at radius 2 is 1.88 bits per heavy atom. The Bertz CT molecular complexity index is 449. The van der Waals surface area contributed by atoms with Crippen LogP contribution in [0.4, 0.5) is 0 Å². The number of esters is 1. The van der Waals surface area contributed by atoms with E-state index >= 15 is 0 Å². The lowest BCUT2D eigenvalue weighted by Gasteiger charge is -2.34. The van der Waals surface area contributed by atoms with Crippen molar-refractivity contribution >= 4 is 11.9 Å². The molecule has 6 heteroatoms. The molecule has 1 N–H and O–H groups in total. The van der Waals surface area contributed by atoms with E-state index in [0.717, 1.165) is 58.3 Å². The van der Waals surface area contributed by atoms with Crippen LogP contribution >= 0.6 is 0 Å². The number of likely N-dealkylation sites (tertiary alicyclic amines) is 1. The summed E-state index contributed by atoms with van der Waals surface area (Å²) in [6, 6.07) is 0.318. The van der Waals surface area contributed by atoms with Gasteiger partial charge < -0.3 is 14.8 Å². The van der Waals surface area contributed by atoms with Crippen molar-refractivity contribution in [2.24, 2.45) is 5.92 Å². The molecule has 2 heterocycles. The highest BCUT2D eigenvalue weighted by molar-refractivity contribution is 5.82. The van der Waals surface area contributed by atoms with Gasteiger partial charge in [-0.05, 0) is 51.5 Å². The first-order valence-electron chi connectivity index (χ1n) is 10.3. The molecule has 26 heavy (non-hydrogen) atoms. The first-order chi connectivity index (χ1) is 12.5. The van der Waals surface area contributed by atoms with E-state index in [2.05, 4.69) is 24.1 Å². The van der Waals surface area contributed by atoms with Crippen molar-refractivity contribution in [2.45, 2.75) is 83.8 Å². The molecule has 2 rings (SSSR count). The van der Waals surface area contributed by atoms with Crippen molar-refractivity contribution in [2.75, 3.05) is 26.4 Å². The van der Waals surface area contributed by atoms with Crippen LogP contribution in [-0.4, -0.2) is 61.3 Å². The second-order valence-corrected chi connectivity index (χ2v) is 8.14. The summed E-state index contributed by atoms with van der Waals surface area (Å²) < 4.78 is 10.7. The second kappa shape index (κ2) is 10.9. The average Bonchev–Trinajstić information content (AvgIpc) is 3.10. The van der Waals surface area contributed by atoms with Crippen molar-refractivity contribution in [3.8, 4) is 0 Å². The zero-order valence-corrected chi connectivity index (χ0v) is 16.7. The standard InChI is InChI=1S/C20H36N2O4/c1-15(2)6-4-7-16(3)21-19(23)14-26-20(24)18-8-5-11-22(18)17-9-12-25-13-10-17/h15-18H,4-14H2,1-3H3,(H,21,23)/t16-,18-/m0/s1. The molecule has 2 aliphatic heterocycles. The van der Waals surface area contributed by atoms with Crippen LogP contribution in [0.3, 0.4) is 0 Å². The molecular formula is C20H36N2O4. The second-order valence-electron chi connectivity index (χ2n) is 8.14. The summed E-state index contributed by atoms with van der Waals surface area (Å²) in [5.74, 6) is 0.228. The van der Waals surface area contributed by atoms with Gasteiger partial charge in [-0.1, -0.05) is 26.7 Å². The van der Waals surface area contributed by atoms with Gasteiger partial charge in [0.15, 0.2) is 6.61 Å². The fourth-order valence-corrected chi connectivity index (χ4v) is 3.95. The van der Waals surface area contributed by atoms with Crippen LogP contribution in [0.1, 0.15) is 65.7 Å². The maximum Gasteiger partial charge on any atom is 0.323 e. The summed E-state index contributed by atoms with van der Waals surface area (Å²) in [5.41, 5.74) is 0. The summed E-state index contributed by atoms with van der Waals surface area (Å²) in [6.45, 7) is 8.70. The Morgan fingerprint density at radius 3 is 2.58 bits per heavy atom. The van der Waals surface area contributed by atoms with E-state index in [0.29, 0.717) is 12.0 Å². The lowest BCUT2D eigenvalue weighted by molar-refractivity contribution is -0.154. The van der Waals surface area contributed by atoms with E-state index in [1.807, 2.05) is 6.92 Å². The number of hydrogen-bond donors (Lipinski definition) is 1. The van der Waals surface area contributed by atoms with Gasteiger partial charge in [0.05, 0.1) is 0 Å². The molecular weight excluding hydrogens is 332 g/mol. The van der Waals surface area contributed by atoms with E-state index in [-0.39, 0.29) is 30.6 Å². The number of amides is 1. The first kappa shape index (κ1) is 21.2. The van der Waals surface area contributed by atoms with Crippen molar-refractivity contribution in [1.82, 2.24) is 10.2 Å². The Hall–Kier alpha value is -1.14. The monoisotopic (exact) mass is 368 g/mol. The van der Waals surface area contributed by atoms with Crippen LogP contribution in [0.15, 0.2) is 0 Å². The summed E-state index contributed by atoms with van der Waals surface area (Å²) in [6.07, 6.45) is 6.99. The van der Waals surface area contributed by atoms with Crippen molar-refractivity contribution in [1.29, 1.82) is 0 Å². The zero-order valence-electron chi connectivity index (χ0n) is 16.7. The number of carbonyl (C=O) groups excluding carboxylic acids is 2. The van der Waals surface area contributed by atoms with Crippen LogP contribution in [-0.2, 0) is 19.1 Å². The van der Waals surface area contributed by atoms with Crippen molar-refractivity contribution in [3.05, 3.63) is 0 Å². The number of hydrogen-bond acceptors (Lipinski definition) is 5. The first-order valence-corrected chi connectivity index (χ1v) is 10.3. The van der Waals surface area contributed by atoms with E-state index < -0.39 is 0 Å². The minimum Gasteiger partial charge on any atom is -0.454 e. The Labute approximate surface area is 158 Å². The molecule has 0 saturated carbocycles. The average molecular weight is 369 g/mol. The molecule has 0 aromatic heterocycles. The smallest absolute Gasteiger partial charge is 0.323 e. The fraction of sp³-hybridized carbons (Fsp3) is 0.900.